The van der Waals surface area contributed by atoms with Crippen molar-refractivity contribution in [2.45, 2.75) is 32.9 Å². The maximum Gasteiger partial charge on any atom is 0.269 e. The van der Waals surface area contributed by atoms with E-state index in [2.05, 4.69) is 10.3 Å². The van der Waals surface area contributed by atoms with Crippen LogP contribution in [0.3, 0.4) is 0 Å². The number of benzene rings is 2. The largest absolute Gasteiger partial charge is 0.325 e. The summed E-state index contributed by atoms with van der Waals surface area (Å²) in [5.74, 6) is -0.432. The van der Waals surface area contributed by atoms with E-state index in [9.17, 15) is 24.5 Å². The Bertz CT molecular complexity index is 1290. The van der Waals surface area contributed by atoms with Gasteiger partial charge >= 0.3 is 0 Å². The summed E-state index contributed by atoms with van der Waals surface area (Å²) in [7, 11) is 0. The molecular formula is C25H22N4O5. The van der Waals surface area contributed by atoms with E-state index >= 15 is 0 Å². The Balaban J connectivity index is 1.52. The van der Waals surface area contributed by atoms with E-state index in [-0.39, 0.29) is 41.8 Å². The molecule has 0 unspecified atom stereocenters. The summed E-state index contributed by atoms with van der Waals surface area (Å²) in [6.07, 6.45) is 1.61. The number of carbonyl (C=O) groups excluding carboxylic acids is 3. The lowest BCUT2D eigenvalue weighted by Gasteiger charge is -2.26. The first-order valence-corrected chi connectivity index (χ1v) is 10.7. The van der Waals surface area contributed by atoms with Crippen molar-refractivity contribution in [3.05, 3.63) is 98.7 Å². The average Bonchev–Trinajstić information content (AvgIpc) is 2.91. The molecule has 34 heavy (non-hydrogen) atoms. The smallest absolute Gasteiger partial charge is 0.269 e. The number of aryl methyl sites for hydroxylation is 1. The van der Waals surface area contributed by atoms with E-state index in [1.807, 2.05) is 13.0 Å². The molecule has 0 radical (unpaired) electrons. The highest BCUT2D eigenvalue weighted by Crippen LogP contribution is 2.26. The van der Waals surface area contributed by atoms with Crippen LogP contribution in [-0.4, -0.2) is 38.4 Å². The molecule has 2 heterocycles. The Morgan fingerprint density at radius 3 is 2.53 bits per heavy atom. The van der Waals surface area contributed by atoms with Crippen molar-refractivity contribution in [1.82, 2.24) is 9.88 Å². The van der Waals surface area contributed by atoms with Gasteiger partial charge in [0.15, 0.2) is 5.78 Å². The van der Waals surface area contributed by atoms with E-state index in [4.69, 9.17) is 0 Å². The Hall–Kier alpha value is -4.40. The Morgan fingerprint density at radius 1 is 1.15 bits per heavy atom. The highest BCUT2D eigenvalue weighted by atomic mass is 16.6. The van der Waals surface area contributed by atoms with Gasteiger partial charge in [-0.25, -0.2) is 4.98 Å². The average molecular weight is 458 g/mol. The van der Waals surface area contributed by atoms with E-state index in [0.717, 1.165) is 11.1 Å². The number of pyridine rings is 1. The van der Waals surface area contributed by atoms with Crippen LogP contribution in [0.1, 0.15) is 44.3 Å². The monoisotopic (exact) mass is 458 g/mol. The number of nitro groups is 1. The molecule has 0 bridgehead atoms. The normalized spacial score (nSPS) is 15.5. The number of Topliss-reactive ketones (excluding diaryl/α,β-unsaturated/α-hetero) is 1. The van der Waals surface area contributed by atoms with Gasteiger partial charge in [0.05, 0.1) is 11.0 Å². The fourth-order valence-electron chi connectivity index (χ4n) is 3.79. The van der Waals surface area contributed by atoms with Crippen molar-refractivity contribution < 1.29 is 19.3 Å². The van der Waals surface area contributed by atoms with E-state index in [1.54, 1.807) is 43.5 Å². The SMILES string of the molecule is Cc1ccc(NC(=O)c2ccc(CN3C(=O)c4ccc([N+](=O)[O-])cc4CC(=O)[C@H]3C)cc2)nc1. The number of amides is 2. The number of hydrogen-bond acceptors (Lipinski definition) is 6. The maximum atomic E-state index is 13.2. The van der Waals surface area contributed by atoms with Crippen molar-refractivity contribution >= 4 is 29.1 Å². The van der Waals surface area contributed by atoms with Gasteiger partial charge in [-0.3, -0.25) is 24.5 Å². The minimum atomic E-state index is -0.699. The van der Waals surface area contributed by atoms with Crippen LogP contribution in [0.2, 0.25) is 0 Å². The first-order valence-electron chi connectivity index (χ1n) is 10.7. The summed E-state index contributed by atoms with van der Waals surface area (Å²) in [4.78, 5) is 54.6. The summed E-state index contributed by atoms with van der Waals surface area (Å²) in [6.45, 7) is 3.71. The van der Waals surface area contributed by atoms with Crippen molar-refractivity contribution in [2.75, 3.05) is 5.32 Å². The molecule has 2 amide bonds. The predicted molar refractivity (Wildman–Crippen MR) is 125 cm³/mol. The van der Waals surface area contributed by atoms with Crippen LogP contribution in [-0.2, 0) is 17.8 Å². The lowest BCUT2D eigenvalue weighted by Crippen LogP contribution is -2.41. The number of aromatic nitrogens is 1. The summed E-state index contributed by atoms with van der Waals surface area (Å²) in [5, 5.41) is 13.8. The predicted octanol–water partition coefficient (Wildman–Crippen LogP) is 3.71. The topological polar surface area (TPSA) is 123 Å². The first-order chi connectivity index (χ1) is 16.2. The summed E-state index contributed by atoms with van der Waals surface area (Å²) < 4.78 is 0. The van der Waals surface area contributed by atoms with Gasteiger partial charge in [0.25, 0.3) is 17.5 Å². The number of nitro benzene ring substituents is 1. The quantitative estimate of drug-likeness (QED) is 0.459. The van der Waals surface area contributed by atoms with Gasteiger partial charge in [-0.15, -0.1) is 0 Å². The molecule has 1 atom stereocenters. The fourth-order valence-corrected chi connectivity index (χ4v) is 3.79. The minimum Gasteiger partial charge on any atom is -0.325 e. The third kappa shape index (κ3) is 4.68. The number of nitrogens with one attached hydrogen (secondary N) is 1. The standard InChI is InChI=1S/C25H22N4O5/c1-15-3-10-23(26-13-15)27-24(31)18-6-4-17(5-7-18)14-28-16(2)22(30)12-19-11-20(29(33)34)8-9-21(19)25(28)32/h3-11,13,16H,12,14H2,1-2H3,(H,26,27,31)/t16-/m1/s1. The summed E-state index contributed by atoms with van der Waals surface area (Å²) in [5.41, 5.74) is 2.63. The lowest BCUT2D eigenvalue weighted by molar-refractivity contribution is -0.384. The van der Waals surface area contributed by atoms with Gasteiger partial charge in [0.1, 0.15) is 5.82 Å². The van der Waals surface area contributed by atoms with Gasteiger partial charge in [-0.2, -0.15) is 0 Å². The highest BCUT2D eigenvalue weighted by Gasteiger charge is 2.33. The molecule has 9 heteroatoms. The number of nitrogens with zero attached hydrogens (tertiary/aromatic N) is 3. The zero-order valence-electron chi connectivity index (χ0n) is 18.6. The summed E-state index contributed by atoms with van der Waals surface area (Å²) >= 11 is 0. The third-order valence-corrected chi connectivity index (χ3v) is 5.81. The van der Waals surface area contributed by atoms with Gasteiger partial charge in [-0.05, 0) is 54.8 Å². The van der Waals surface area contributed by atoms with Crippen molar-refractivity contribution in [1.29, 1.82) is 0 Å². The first kappa shape index (κ1) is 22.8. The Labute approximate surface area is 195 Å². The number of hydrogen-bond donors (Lipinski definition) is 1. The molecule has 1 aliphatic rings. The van der Waals surface area contributed by atoms with Crippen LogP contribution in [0.4, 0.5) is 11.5 Å². The molecule has 172 valence electrons. The van der Waals surface area contributed by atoms with E-state index in [1.165, 1.54) is 23.1 Å². The van der Waals surface area contributed by atoms with Crippen molar-refractivity contribution in [3.8, 4) is 0 Å². The minimum absolute atomic E-state index is 0.0490. The zero-order valence-corrected chi connectivity index (χ0v) is 18.6. The number of non-ortho nitro benzene ring substituents is 1. The molecule has 0 aliphatic carbocycles. The summed E-state index contributed by atoms with van der Waals surface area (Å²) in [6, 6.07) is 13.6. The number of anilines is 1. The molecular weight excluding hydrogens is 436 g/mol. The second kappa shape index (κ2) is 9.22. The number of carbonyl (C=O) groups is 3. The van der Waals surface area contributed by atoms with Crippen LogP contribution in [0.5, 0.6) is 0 Å². The van der Waals surface area contributed by atoms with Crippen LogP contribution >= 0.6 is 0 Å². The highest BCUT2D eigenvalue weighted by molar-refractivity contribution is 6.04. The molecule has 4 rings (SSSR count). The fraction of sp³-hybridized carbons (Fsp3) is 0.200. The lowest BCUT2D eigenvalue weighted by atomic mass is 10.0. The zero-order chi connectivity index (χ0) is 24.4. The number of fused-ring (bicyclic) bond motifs is 1. The number of ketones is 1. The Morgan fingerprint density at radius 2 is 1.88 bits per heavy atom. The van der Waals surface area contributed by atoms with Gasteiger partial charge in [0, 0.05) is 42.4 Å². The third-order valence-electron chi connectivity index (χ3n) is 5.81. The molecule has 9 nitrogen and oxygen atoms in total. The van der Waals surface area contributed by atoms with Gasteiger partial charge in [0.2, 0.25) is 0 Å². The molecule has 1 aliphatic heterocycles. The van der Waals surface area contributed by atoms with Crippen LogP contribution in [0.15, 0.2) is 60.8 Å². The van der Waals surface area contributed by atoms with E-state index in [0.29, 0.717) is 16.9 Å². The maximum absolute atomic E-state index is 13.2. The molecule has 0 spiro atoms. The Kier molecular flexibility index (Phi) is 6.18. The van der Waals surface area contributed by atoms with Gasteiger partial charge in [-0.1, -0.05) is 18.2 Å². The molecule has 0 saturated carbocycles. The molecule has 0 saturated heterocycles. The van der Waals surface area contributed by atoms with Crippen molar-refractivity contribution in [3.63, 3.8) is 0 Å². The second-order valence-electron chi connectivity index (χ2n) is 8.22. The van der Waals surface area contributed by atoms with Crippen LogP contribution < -0.4 is 5.32 Å². The molecule has 0 fully saturated rings. The second-order valence-corrected chi connectivity index (χ2v) is 8.22. The molecule has 3 aromatic rings. The van der Waals surface area contributed by atoms with Gasteiger partial charge < -0.3 is 10.2 Å². The van der Waals surface area contributed by atoms with E-state index < -0.39 is 11.0 Å². The molecule has 2 aromatic carbocycles. The molecule has 1 aromatic heterocycles. The number of rotatable bonds is 5. The molecule has 1 N–H and O–H groups in total. The van der Waals surface area contributed by atoms with Crippen molar-refractivity contribution in [2.24, 2.45) is 0 Å². The van der Waals surface area contributed by atoms with Crippen LogP contribution in [0, 0.1) is 17.0 Å². The van der Waals surface area contributed by atoms with Crippen LogP contribution in [0.25, 0.3) is 0 Å².